The molecule has 4 N–H and O–H groups in total. The van der Waals surface area contributed by atoms with Gasteiger partial charge in [-0.15, -0.1) is 0 Å². The number of carbonyl (C=O) groups is 1. The number of aliphatic hydroxyl groups excluding tert-OH is 3. The molecule has 0 aliphatic rings. The first-order chi connectivity index (χ1) is 34.1. The number of nitrogens with one attached hydrogen (secondary N) is 1. The van der Waals surface area contributed by atoms with E-state index >= 15 is 0 Å². The molecule has 0 fully saturated rings. The fourth-order valence-electron chi connectivity index (χ4n) is 9.62. The van der Waals surface area contributed by atoms with Gasteiger partial charge in [-0.25, -0.2) is 0 Å². The fraction of sp³-hybridized carbons (Fsp3) is 0.859. The molecule has 3 unspecified atom stereocenters. The molecule has 0 heterocycles. The van der Waals surface area contributed by atoms with E-state index in [0.29, 0.717) is 12.8 Å². The molecule has 1 amide bonds. The van der Waals surface area contributed by atoms with Crippen molar-refractivity contribution in [3.05, 3.63) is 48.6 Å². The van der Waals surface area contributed by atoms with Gasteiger partial charge in [0.1, 0.15) is 6.10 Å². The van der Waals surface area contributed by atoms with E-state index < -0.39 is 18.2 Å². The van der Waals surface area contributed by atoms with Gasteiger partial charge in [0.25, 0.3) is 0 Å². The summed E-state index contributed by atoms with van der Waals surface area (Å²) in [5.41, 5.74) is 0. The molecule has 0 aliphatic heterocycles. The Hall–Kier alpha value is -1.69. The van der Waals surface area contributed by atoms with Crippen LogP contribution in [0.4, 0.5) is 0 Å². The SMILES string of the molecule is CCCCCCCCCCC/C=C/CC/C=C/CCCC(O)C(O)C(CO)NC(=O)CCCCCCCCCCCCCCCCCCC/C=C\C/C=C\CCCCCCCCCCCCCCC. The van der Waals surface area contributed by atoms with Crippen molar-refractivity contribution in [2.24, 2.45) is 0 Å². The smallest absolute Gasteiger partial charge is 0.220 e. The number of rotatable bonds is 57. The number of allylic oxidation sites excluding steroid dienone is 8. The highest BCUT2D eigenvalue weighted by atomic mass is 16.3. The van der Waals surface area contributed by atoms with E-state index in [9.17, 15) is 20.1 Å². The van der Waals surface area contributed by atoms with E-state index in [1.165, 1.54) is 250 Å². The van der Waals surface area contributed by atoms with Crippen LogP contribution >= 0.6 is 0 Å². The van der Waals surface area contributed by atoms with E-state index in [0.717, 1.165) is 51.4 Å². The van der Waals surface area contributed by atoms with Gasteiger partial charge in [-0.1, -0.05) is 287 Å². The van der Waals surface area contributed by atoms with Crippen molar-refractivity contribution in [1.29, 1.82) is 0 Å². The van der Waals surface area contributed by atoms with Gasteiger partial charge in [0.2, 0.25) is 5.91 Å². The number of hydrogen-bond donors (Lipinski definition) is 4. The molecule has 0 aromatic rings. The molecule has 0 aromatic heterocycles. The van der Waals surface area contributed by atoms with Gasteiger partial charge in [-0.2, -0.15) is 0 Å². The van der Waals surface area contributed by atoms with Gasteiger partial charge in [0.05, 0.1) is 18.8 Å². The van der Waals surface area contributed by atoms with Crippen molar-refractivity contribution >= 4 is 5.91 Å². The zero-order valence-corrected chi connectivity index (χ0v) is 46.5. The molecule has 0 spiro atoms. The Labute approximate surface area is 431 Å². The number of amides is 1. The molecule has 5 nitrogen and oxygen atoms in total. The summed E-state index contributed by atoms with van der Waals surface area (Å²) in [5.74, 6) is -0.155. The fourth-order valence-corrected chi connectivity index (χ4v) is 9.62. The molecule has 0 bridgehead atoms. The summed E-state index contributed by atoms with van der Waals surface area (Å²) in [6.45, 7) is 4.19. The first kappa shape index (κ1) is 67.3. The van der Waals surface area contributed by atoms with Gasteiger partial charge in [-0.3, -0.25) is 4.79 Å². The van der Waals surface area contributed by atoms with Gasteiger partial charge in [-0.05, 0) is 83.5 Å². The van der Waals surface area contributed by atoms with Crippen LogP contribution in [0.1, 0.15) is 328 Å². The summed E-state index contributed by atoms with van der Waals surface area (Å²) < 4.78 is 0. The molecule has 0 saturated heterocycles. The number of unbranched alkanes of at least 4 members (excludes halogenated alkanes) is 41. The topological polar surface area (TPSA) is 89.8 Å². The monoisotopic (exact) mass is 968 g/mol. The Morgan fingerprint density at radius 2 is 0.638 bits per heavy atom. The highest BCUT2D eigenvalue weighted by molar-refractivity contribution is 5.76. The van der Waals surface area contributed by atoms with Crippen molar-refractivity contribution in [1.82, 2.24) is 5.32 Å². The van der Waals surface area contributed by atoms with Crippen molar-refractivity contribution in [3.63, 3.8) is 0 Å². The average Bonchev–Trinajstić information content (AvgIpc) is 3.35. The highest BCUT2D eigenvalue weighted by Crippen LogP contribution is 2.17. The van der Waals surface area contributed by atoms with Gasteiger partial charge >= 0.3 is 0 Å². The molecule has 406 valence electrons. The van der Waals surface area contributed by atoms with Crippen LogP contribution in [0.25, 0.3) is 0 Å². The summed E-state index contributed by atoms with van der Waals surface area (Å²) in [6, 6.07) is -0.834. The quantitative estimate of drug-likeness (QED) is 0.0361. The molecule has 0 saturated carbocycles. The van der Waals surface area contributed by atoms with Crippen molar-refractivity contribution < 1.29 is 20.1 Å². The van der Waals surface area contributed by atoms with Gasteiger partial charge < -0.3 is 20.6 Å². The lowest BCUT2D eigenvalue weighted by Gasteiger charge is -2.26. The largest absolute Gasteiger partial charge is 0.394 e. The molecule has 0 aliphatic carbocycles. The molecule has 69 heavy (non-hydrogen) atoms. The van der Waals surface area contributed by atoms with Crippen LogP contribution in [0, 0.1) is 0 Å². The third kappa shape index (κ3) is 53.9. The summed E-state index contributed by atoms with van der Waals surface area (Å²) in [7, 11) is 0. The summed E-state index contributed by atoms with van der Waals surface area (Å²) in [6.07, 6.45) is 78.7. The lowest BCUT2D eigenvalue weighted by atomic mass is 10.0. The van der Waals surface area contributed by atoms with E-state index in [-0.39, 0.29) is 12.5 Å². The highest BCUT2D eigenvalue weighted by Gasteiger charge is 2.26. The summed E-state index contributed by atoms with van der Waals surface area (Å²) >= 11 is 0. The van der Waals surface area contributed by atoms with Crippen LogP contribution < -0.4 is 5.32 Å². The van der Waals surface area contributed by atoms with Crippen LogP contribution in [-0.2, 0) is 4.79 Å². The van der Waals surface area contributed by atoms with Crippen LogP contribution in [0.2, 0.25) is 0 Å². The van der Waals surface area contributed by atoms with Gasteiger partial charge in [0.15, 0.2) is 0 Å². The van der Waals surface area contributed by atoms with E-state index in [4.69, 9.17) is 0 Å². The molecular formula is C64H121NO4. The van der Waals surface area contributed by atoms with Gasteiger partial charge in [0, 0.05) is 6.42 Å². The first-order valence-corrected chi connectivity index (χ1v) is 30.9. The van der Waals surface area contributed by atoms with E-state index in [1.54, 1.807) is 0 Å². The molecule has 5 heteroatoms. The van der Waals surface area contributed by atoms with Crippen LogP contribution in [0.5, 0.6) is 0 Å². The maximum absolute atomic E-state index is 12.5. The second kappa shape index (κ2) is 58.9. The normalized spacial score (nSPS) is 13.5. The second-order valence-corrected chi connectivity index (χ2v) is 21.2. The van der Waals surface area contributed by atoms with Crippen molar-refractivity contribution in [2.75, 3.05) is 6.61 Å². The number of carbonyl (C=O) groups excluding carboxylic acids is 1. The average molecular weight is 969 g/mol. The first-order valence-electron chi connectivity index (χ1n) is 30.9. The zero-order valence-electron chi connectivity index (χ0n) is 46.5. The van der Waals surface area contributed by atoms with Crippen LogP contribution in [-0.4, -0.2) is 46.1 Å². The Morgan fingerprint density at radius 1 is 0.362 bits per heavy atom. The third-order valence-electron chi connectivity index (χ3n) is 14.4. The predicted molar refractivity (Wildman–Crippen MR) is 305 cm³/mol. The molecular weight excluding hydrogens is 847 g/mol. The minimum Gasteiger partial charge on any atom is -0.394 e. The Kier molecular flexibility index (Phi) is 57.4. The lowest BCUT2D eigenvalue weighted by molar-refractivity contribution is -0.124. The minimum atomic E-state index is -1.17. The Bertz CT molecular complexity index is 1110. The van der Waals surface area contributed by atoms with E-state index in [1.807, 2.05) is 0 Å². The van der Waals surface area contributed by atoms with Crippen molar-refractivity contribution in [2.45, 2.75) is 347 Å². The Morgan fingerprint density at radius 3 is 0.971 bits per heavy atom. The third-order valence-corrected chi connectivity index (χ3v) is 14.4. The molecule has 3 atom stereocenters. The molecule has 0 rings (SSSR count). The van der Waals surface area contributed by atoms with Crippen LogP contribution in [0.15, 0.2) is 48.6 Å². The predicted octanol–water partition coefficient (Wildman–Crippen LogP) is 19.6. The molecule has 0 radical (unpaired) electrons. The van der Waals surface area contributed by atoms with E-state index in [2.05, 4.69) is 67.8 Å². The summed E-state index contributed by atoms with van der Waals surface area (Å²) in [4.78, 5) is 12.5. The standard InChI is InChI=1S/C64H121NO4/c1-3-5-7-9-11-13-15-17-19-21-23-24-25-26-27-28-29-30-31-32-33-34-35-36-37-38-39-40-41-43-45-47-49-51-53-55-57-59-63(68)65-61(60-66)64(69)62(67)58-56-54-52-50-48-46-44-42-22-20-18-16-14-12-10-8-6-4-2/h27-28,30-31,42,44,50,52,61-62,64,66-67,69H,3-26,29,32-41,43,45-49,51,53-60H2,1-2H3,(H,65,68)/b28-27-,31-30-,44-42+,52-50+. The van der Waals surface area contributed by atoms with Crippen LogP contribution in [0.3, 0.4) is 0 Å². The Balaban J connectivity index is 3.51. The molecule has 0 aromatic carbocycles. The second-order valence-electron chi connectivity index (χ2n) is 21.2. The zero-order chi connectivity index (χ0) is 50.0. The number of hydrogen-bond acceptors (Lipinski definition) is 4. The number of aliphatic hydroxyl groups is 3. The summed E-state index contributed by atoms with van der Waals surface area (Å²) in [5, 5.41) is 33.7. The maximum Gasteiger partial charge on any atom is 0.220 e. The lowest BCUT2D eigenvalue weighted by Crippen LogP contribution is -2.50. The maximum atomic E-state index is 12.5. The minimum absolute atomic E-state index is 0.155. The van der Waals surface area contributed by atoms with Crippen molar-refractivity contribution in [3.8, 4) is 0 Å².